The van der Waals surface area contributed by atoms with Crippen molar-refractivity contribution in [2.75, 3.05) is 20.8 Å². The Morgan fingerprint density at radius 1 is 1.33 bits per heavy atom. The molecule has 1 aromatic carbocycles. The summed E-state index contributed by atoms with van der Waals surface area (Å²) in [6.07, 6.45) is 0.393. The zero-order chi connectivity index (χ0) is 13.5. The van der Waals surface area contributed by atoms with Crippen molar-refractivity contribution in [3.05, 3.63) is 23.8 Å². The summed E-state index contributed by atoms with van der Waals surface area (Å²) in [6.45, 7) is 2.30. The number of hydrogen-bond donors (Lipinski definition) is 1. The third-order valence-electron chi connectivity index (χ3n) is 2.51. The number of aryl methyl sites for hydroxylation is 1. The Kier molecular flexibility index (Phi) is 5.45. The molecular formula is C13H19NO4. The predicted molar refractivity (Wildman–Crippen MR) is 67.8 cm³/mol. The highest BCUT2D eigenvalue weighted by Crippen LogP contribution is 2.27. The molecule has 0 aromatic heterocycles. The summed E-state index contributed by atoms with van der Waals surface area (Å²) in [5.74, 6) is 0.872. The van der Waals surface area contributed by atoms with E-state index in [-0.39, 0.29) is 0 Å². The largest absolute Gasteiger partial charge is 0.493 e. The minimum atomic E-state index is -0.661. The first-order chi connectivity index (χ1) is 8.58. The first kappa shape index (κ1) is 14.3. The fourth-order valence-corrected chi connectivity index (χ4v) is 1.46. The number of carbonyl (C=O) groups is 1. The molecule has 0 amide bonds. The summed E-state index contributed by atoms with van der Waals surface area (Å²) in [7, 11) is 2.90. The summed E-state index contributed by atoms with van der Waals surface area (Å²) in [4.78, 5) is 11.1. The number of ether oxygens (including phenoxy) is 3. The average molecular weight is 253 g/mol. The Morgan fingerprint density at radius 2 is 2.06 bits per heavy atom. The van der Waals surface area contributed by atoms with Gasteiger partial charge in [0.05, 0.1) is 20.8 Å². The molecule has 5 nitrogen and oxygen atoms in total. The number of hydrogen-bond acceptors (Lipinski definition) is 5. The molecule has 18 heavy (non-hydrogen) atoms. The van der Waals surface area contributed by atoms with Gasteiger partial charge >= 0.3 is 5.97 Å². The van der Waals surface area contributed by atoms with Gasteiger partial charge in [-0.05, 0) is 24.6 Å². The van der Waals surface area contributed by atoms with Crippen LogP contribution in [0.25, 0.3) is 0 Å². The van der Waals surface area contributed by atoms with Crippen LogP contribution in [-0.4, -0.2) is 32.8 Å². The molecule has 100 valence electrons. The van der Waals surface area contributed by atoms with Crippen molar-refractivity contribution >= 4 is 5.97 Å². The zero-order valence-electron chi connectivity index (χ0n) is 10.9. The number of nitrogens with two attached hydrogens (primary N) is 1. The lowest BCUT2D eigenvalue weighted by Gasteiger charge is -2.13. The molecule has 0 bridgehead atoms. The topological polar surface area (TPSA) is 70.8 Å². The minimum Gasteiger partial charge on any atom is -0.493 e. The summed E-state index contributed by atoms with van der Waals surface area (Å²) in [5.41, 5.74) is 6.69. The maximum Gasteiger partial charge on any atom is 0.322 e. The average Bonchev–Trinajstić information content (AvgIpc) is 2.39. The van der Waals surface area contributed by atoms with Gasteiger partial charge in [-0.25, -0.2) is 0 Å². The SMILES string of the molecule is COC(=O)C(N)CCOc1ccc(C)cc1OC. The summed E-state index contributed by atoms with van der Waals surface area (Å²) in [5, 5.41) is 0. The second-order valence-electron chi connectivity index (χ2n) is 3.92. The number of rotatable bonds is 6. The highest BCUT2D eigenvalue weighted by molar-refractivity contribution is 5.75. The highest BCUT2D eigenvalue weighted by Gasteiger charge is 2.14. The van der Waals surface area contributed by atoms with E-state index in [0.717, 1.165) is 5.56 Å². The molecule has 1 unspecified atom stereocenters. The van der Waals surface area contributed by atoms with Gasteiger partial charge in [0.25, 0.3) is 0 Å². The van der Waals surface area contributed by atoms with Crippen LogP contribution < -0.4 is 15.2 Å². The summed E-state index contributed by atoms with van der Waals surface area (Å²) >= 11 is 0. The molecule has 0 spiro atoms. The maximum absolute atomic E-state index is 11.1. The van der Waals surface area contributed by atoms with Crippen LogP contribution in [0.2, 0.25) is 0 Å². The van der Waals surface area contributed by atoms with Crippen molar-refractivity contribution < 1.29 is 19.0 Å². The summed E-state index contributed by atoms with van der Waals surface area (Å²) in [6, 6.07) is 4.98. The van der Waals surface area contributed by atoms with Gasteiger partial charge in [-0.15, -0.1) is 0 Å². The lowest BCUT2D eigenvalue weighted by atomic mass is 10.2. The third kappa shape index (κ3) is 3.92. The van der Waals surface area contributed by atoms with Crippen LogP contribution >= 0.6 is 0 Å². The van der Waals surface area contributed by atoms with E-state index in [4.69, 9.17) is 15.2 Å². The van der Waals surface area contributed by atoms with Crippen LogP contribution in [-0.2, 0) is 9.53 Å². The molecule has 0 aliphatic heterocycles. The highest BCUT2D eigenvalue weighted by atomic mass is 16.5. The Bertz CT molecular complexity index is 406. The van der Waals surface area contributed by atoms with E-state index in [1.54, 1.807) is 7.11 Å². The molecule has 1 rings (SSSR count). The van der Waals surface area contributed by atoms with Gasteiger partial charge in [0, 0.05) is 6.42 Å². The second-order valence-corrected chi connectivity index (χ2v) is 3.92. The number of benzene rings is 1. The molecule has 0 saturated heterocycles. The lowest BCUT2D eigenvalue weighted by molar-refractivity contribution is -0.142. The van der Waals surface area contributed by atoms with Gasteiger partial charge in [0.2, 0.25) is 0 Å². The van der Waals surface area contributed by atoms with Gasteiger partial charge in [0.15, 0.2) is 11.5 Å². The number of methoxy groups -OCH3 is 2. The van der Waals surface area contributed by atoms with E-state index in [1.807, 2.05) is 25.1 Å². The molecule has 0 heterocycles. The Balaban J connectivity index is 2.51. The van der Waals surface area contributed by atoms with Gasteiger partial charge in [-0.2, -0.15) is 0 Å². The smallest absolute Gasteiger partial charge is 0.322 e. The van der Waals surface area contributed by atoms with Crippen LogP contribution in [0.3, 0.4) is 0 Å². The second kappa shape index (κ2) is 6.86. The molecule has 0 saturated carbocycles. The quantitative estimate of drug-likeness (QED) is 0.773. The van der Waals surface area contributed by atoms with Crippen molar-refractivity contribution in [3.8, 4) is 11.5 Å². The van der Waals surface area contributed by atoms with Crippen molar-refractivity contribution in [1.29, 1.82) is 0 Å². The molecule has 0 aliphatic rings. The van der Waals surface area contributed by atoms with Crippen molar-refractivity contribution in [1.82, 2.24) is 0 Å². The van der Waals surface area contributed by atoms with E-state index in [0.29, 0.717) is 24.5 Å². The van der Waals surface area contributed by atoms with E-state index in [2.05, 4.69) is 4.74 Å². The van der Waals surface area contributed by atoms with Crippen molar-refractivity contribution in [2.24, 2.45) is 5.73 Å². The lowest BCUT2D eigenvalue weighted by Crippen LogP contribution is -2.33. The molecule has 0 fully saturated rings. The van der Waals surface area contributed by atoms with Gasteiger partial charge < -0.3 is 19.9 Å². The predicted octanol–water partition coefficient (Wildman–Crippen LogP) is 1.27. The fourth-order valence-electron chi connectivity index (χ4n) is 1.46. The van der Waals surface area contributed by atoms with Gasteiger partial charge in [-0.3, -0.25) is 4.79 Å². The Morgan fingerprint density at radius 3 is 2.67 bits per heavy atom. The van der Waals surface area contributed by atoms with Crippen LogP contribution in [0.5, 0.6) is 11.5 Å². The number of carbonyl (C=O) groups excluding carboxylic acids is 1. The standard InChI is InChI=1S/C13H19NO4/c1-9-4-5-11(12(8-9)16-2)18-7-6-10(14)13(15)17-3/h4-5,8,10H,6-7,14H2,1-3H3. The fraction of sp³-hybridized carbons (Fsp3) is 0.462. The first-order valence-corrected chi connectivity index (χ1v) is 5.69. The molecule has 5 heteroatoms. The van der Waals surface area contributed by atoms with E-state index in [9.17, 15) is 4.79 Å². The minimum absolute atomic E-state index is 0.329. The monoisotopic (exact) mass is 253 g/mol. The normalized spacial score (nSPS) is 11.8. The number of esters is 1. The van der Waals surface area contributed by atoms with Crippen molar-refractivity contribution in [3.63, 3.8) is 0 Å². The van der Waals surface area contributed by atoms with Gasteiger partial charge in [-0.1, -0.05) is 6.07 Å². The molecular weight excluding hydrogens is 234 g/mol. The van der Waals surface area contributed by atoms with Crippen LogP contribution in [0, 0.1) is 6.92 Å². The molecule has 0 aliphatic carbocycles. The third-order valence-corrected chi connectivity index (χ3v) is 2.51. The molecule has 1 aromatic rings. The zero-order valence-corrected chi connectivity index (χ0v) is 10.9. The van der Waals surface area contributed by atoms with Crippen LogP contribution in [0.1, 0.15) is 12.0 Å². The summed E-state index contributed by atoms with van der Waals surface area (Å²) < 4.78 is 15.3. The molecule has 1 atom stereocenters. The van der Waals surface area contributed by atoms with E-state index < -0.39 is 12.0 Å². The molecule has 0 radical (unpaired) electrons. The first-order valence-electron chi connectivity index (χ1n) is 5.69. The van der Waals surface area contributed by atoms with Crippen LogP contribution in [0.15, 0.2) is 18.2 Å². The molecule has 2 N–H and O–H groups in total. The van der Waals surface area contributed by atoms with E-state index in [1.165, 1.54) is 7.11 Å². The van der Waals surface area contributed by atoms with Crippen LogP contribution in [0.4, 0.5) is 0 Å². The van der Waals surface area contributed by atoms with Gasteiger partial charge in [0.1, 0.15) is 6.04 Å². The Hall–Kier alpha value is -1.75. The maximum atomic E-state index is 11.1. The van der Waals surface area contributed by atoms with E-state index >= 15 is 0 Å². The Labute approximate surface area is 107 Å². The van der Waals surface area contributed by atoms with Crippen molar-refractivity contribution in [2.45, 2.75) is 19.4 Å².